The van der Waals surface area contributed by atoms with Crippen LogP contribution >= 0.6 is 11.8 Å². The van der Waals surface area contributed by atoms with E-state index in [1.807, 2.05) is 30.3 Å². The van der Waals surface area contributed by atoms with E-state index in [0.717, 1.165) is 24.1 Å². The number of nitrogens with one attached hydrogen (secondary N) is 3. The van der Waals surface area contributed by atoms with E-state index in [9.17, 15) is 9.59 Å². The molecule has 3 rings (SSSR count). The number of aliphatic hydroxyl groups is 1. The highest BCUT2D eigenvalue weighted by molar-refractivity contribution is 8.03. The molecule has 9 heteroatoms. The number of amides is 1. The molecule has 0 fully saturated rings. The third-order valence-electron chi connectivity index (χ3n) is 4.81. The van der Waals surface area contributed by atoms with Gasteiger partial charge in [-0.3, -0.25) is 14.6 Å². The summed E-state index contributed by atoms with van der Waals surface area (Å²) < 4.78 is 0. The molecule has 3 aromatic rings. The number of hydrogen-bond donors (Lipinski definition) is 5. The average Bonchev–Trinajstić information content (AvgIpc) is 2.89. The van der Waals surface area contributed by atoms with Crippen molar-refractivity contribution >= 4 is 47.1 Å². The van der Waals surface area contributed by atoms with Crippen molar-refractivity contribution in [3.05, 3.63) is 88.6 Å². The zero-order chi connectivity index (χ0) is 25.5. The van der Waals surface area contributed by atoms with Crippen LogP contribution in [0.15, 0.2) is 82.4 Å². The summed E-state index contributed by atoms with van der Waals surface area (Å²) in [4.78, 5) is 25.3. The molecule has 0 saturated heterocycles. The van der Waals surface area contributed by atoms with Gasteiger partial charge in [0.2, 0.25) is 0 Å². The SMILES string of the molecule is C=N/C(C(N)=O)=C(/NC)SCNc1ccc2ccccc2c1.O=Cc1ccc(CNCCO)cc1. The van der Waals surface area contributed by atoms with Gasteiger partial charge in [-0.1, -0.05) is 66.4 Å². The van der Waals surface area contributed by atoms with Gasteiger partial charge in [-0.2, -0.15) is 0 Å². The first-order valence-electron chi connectivity index (χ1n) is 10.9. The normalized spacial score (nSPS) is 11.0. The number of aldehydes is 1. The van der Waals surface area contributed by atoms with Gasteiger partial charge in [0.25, 0.3) is 5.91 Å². The van der Waals surface area contributed by atoms with Crippen LogP contribution < -0.4 is 21.7 Å². The maximum Gasteiger partial charge on any atom is 0.269 e. The number of anilines is 1. The molecule has 0 aliphatic carbocycles. The van der Waals surface area contributed by atoms with Gasteiger partial charge < -0.3 is 26.8 Å². The minimum atomic E-state index is -0.599. The molecule has 35 heavy (non-hydrogen) atoms. The van der Waals surface area contributed by atoms with Gasteiger partial charge in [-0.05, 0) is 35.2 Å². The zero-order valence-electron chi connectivity index (χ0n) is 19.7. The van der Waals surface area contributed by atoms with Gasteiger partial charge in [0.15, 0.2) is 5.70 Å². The summed E-state index contributed by atoms with van der Waals surface area (Å²) in [7, 11) is 1.71. The predicted molar refractivity (Wildman–Crippen MR) is 145 cm³/mol. The summed E-state index contributed by atoms with van der Waals surface area (Å²) in [5.41, 5.74) is 8.22. The summed E-state index contributed by atoms with van der Waals surface area (Å²) in [6.45, 7) is 4.83. The van der Waals surface area contributed by atoms with Crippen LogP contribution in [0.5, 0.6) is 0 Å². The Labute approximate surface area is 209 Å². The number of hydrogen-bond acceptors (Lipinski definition) is 8. The standard InChI is InChI=1S/C16H18N4OS.C10H13NO2/c1-18-14(15(17)21)16(19-2)22-10-20-13-8-7-11-5-3-4-6-12(11)9-13;12-6-5-11-7-9-1-3-10(8-13)4-2-9/h3-9,19-20H,1,10H2,2H3,(H2,17,21);1-4,8,11-12H,5-7H2/b16-14-;. The molecule has 0 bridgehead atoms. The van der Waals surface area contributed by atoms with E-state index in [1.165, 1.54) is 22.5 Å². The van der Waals surface area contributed by atoms with Crippen LogP contribution in [0.4, 0.5) is 5.69 Å². The smallest absolute Gasteiger partial charge is 0.269 e. The van der Waals surface area contributed by atoms with Crippen molar-refractivity contribution in [3.63, 3.8) is 0 Å². The summed E-state index contributed by atoms with van der Waals surface area (Å²) in [6.07, 6.45) is 0.824. The van der Waals surface area contributed by atoms with E-state index in [2.05, 4.69) is 51.9 Å². The van der Waals surface area contributed by atoms with Crippen LogP contribution in [-0.4, -0.2) is 50.1 Å². The van der Waals surface area contributed by atoms with Crippen LogP contribution in [0.2, 0.25) is 0 Å². The lowest BCUT2D eigenvalue weighted by Gasteiger charge is -2.11. The summed E-state index contributed by atoms with van der Waals surface area (Å²) in [6, 6.07) is 21.7. The Morgan fingerprint density at radius 3 is 2.43 bits per heavy atom. The van der Waals surface area contributed by atoms with Crippen molar-refractivity contribution in [3.8, 4) is 0 Å². The molecule has 0 unspecified atom stereocenters. The molecule has 0 saturated carbocycles. The molecule has 0 spiro atoms. The van der Waals surface area contributed by atoms with E-state index in [0.29, 0.717) is 23.0 Å². The highest BCUT2D eigenvalue weighted by Crippen LogP contribution is 2.22. The third kappa shape index (κ3) is 9.24. The Balaban J connectivity index is 0.000000283. The lowest BCUT2D eigenvalue weighted by atomic mass is 10.1. The number of carbonyl (C=O) groups is 2. The van der Waals surface area contributed by atoms with Crippen LogP contribution in [0, 0.1) is 0 Å². The van der Waals surface area contributed by atoms with Crippen LogP contribution in [-0.2, 0) is 11.3 Å². The Hall–Kier alpha value is -3.66. The van der Waals surface area contributed by atoms with E-state index < -0.39 is 5.91 Å². The molecule has 6 N–H and O–H groups in total. The first kappa shape index (κ1) is 27.6. The fourth-order valence-electron chi connectivity index (χ4n) is 3.04. The molecule has 0 aliphatic heterocycles. The average molecular weight is 494 g/mol. The molecule has 0 aromatic heterocycles. The number of fused-ring (bicyclic) bond motifs is 1. The minimum absolute atomic E-state index is 0.145. The Bertz CT molecular complexity index is 1150. The van der Waals surface area contributed by atoms with E-state index >= 15 is 0 Å². The largest absolute Gasteiger partial charge is 0.395 e. The first-order chi connectivity index (χ1) is 17.0. The second-order valence-corrected chi connectivity index (χ2v) is 8.22. The van der Waals surface area contributed by atoms with Crippen molar-refractivity contribution in [1.29, 1.82) is 0 Å². The number of aliphatic hydroxyl groups excluding tert-OH is 1. The number of rotatable bonds is 12. The number of aliphatic imine (C=N–C) groups is 1. The maximum atomic E-state index is 11.3. The van der Waals surface area contributed by atoms with Crippen LogP contribution in [0.25, 0.3) is 10.8 Å². The number of thioether (sulfide) groups is 1. The molecular formula is C26H31N5O3S. The molecule has 3 aromatic carbocycles. The molecular weight excluding hydrogens is 462 g/mol. The monoisotopic (exact) mass is 493 g/mol. The topological polar surface area (TPSA) is 129 Å². The Morgan fingerprint density at radius 1 is 1.11 bits per heavy atom. The van der Waals surface area contributed by atoms with E-state index in [4.69, 9.17) is 10.8 Å². The van der Waals surface area contributed by atoms with E-state index in [-0.39, 0.29) is 12.3 Å². The number of benzene rings is 3. The van der Waals surface area contributed by atoms with Crippen LogP contribution in [0.3, 0.4) is 0 Å². The summed E-state index contributed by atoms with van der Waals surface area (Å²) in [5, 5.41) is 20.7. The molecule has 0 heterocycles. The van der Waals surface area contributed by atoms with Gasteiger partial charge in [0.1, 0.15) is 11.3 Å². The molecule has 0 aliphatic rings. The molecule has 0 atom stereocenters. The number of primary amides is 1. The molecule has 184 valence electrons. The first-order valence-corrected chi connectivity index (χ1v) is 11.9. The molecule has 0 radical (unpaired) electrons. The van der Waals surface area contributed by atoms with Crippen molar-refractivity contribution in [2.45, 2.75) is 6.54 Å². The van der Waals surface area contributed by atoms with Crippen LogP contribution in [0.1, 0.15) is 15.9 Å². The maximum absolute atomic E-state index is 11.3. The second kappa shape index (κ2) is 15.3. The lowest BCUT2D eigenvalue weighted by molar-refractivity contribution is -0.114. The van der Waals surface area contributed by atoms with Gasteiger partial charge in [0.05, 0.1) is 12.5 Å². The fourth-order valence-corrected chi connectivity index (χ4v) is 3.87. The molecule has 1 amide bonds. The number of nitrogens with zero attached hydrogens (tertiary/aromatic N) is 1. The van der Waals surface area contributed by atoms with Crippen molar-refractivity contribution in [1.82, 2.24) is 10.6 Å². The van der Waals surface area contributed by atoms with Gasteiger partial charge in [-0.25, -0.2) is 0 Å². The summed E-state index contributed by atoms with van der Waals surface area (Å²) >= 11 is 1.41. The van der Waals surface area contributed by atoms with Gasteiger partial charge >= 0.3 is 0 Å². The minimum Gasteiger partial charge on any atom is -0.395 e. The predicted octanol–water partition coefficient (Wildman–Crippen LogP) is 3.10. The van der Waals surface area contributed by atoms with Crippen molar-refractivity contribution in [2.75, 3.05) is 31.4 Å². The Morgan fingerprint density at radius 2 is 1.83 bits per heavy atom. The zero-order valence-corrected chi connectivity index (χ0v) is 20.5. The van der Waals surface area contributed by atoms with Gasteiger partial charge in [-0.15, -0.1) is 0 Å². The molecule has 8 nitrogen and oxygen atoms in total. The highest BCUT2D eigenvalue weighted by Gasteiger charge is 2.10. The lowest BCUT2D eigenvalue weighted by Crippen LogP contribution is -2.19. The quantitative estimate of drug-likeness (QED) is 0.0862. The Kier molecular flexibility index (Phi) is 12.0. The van der Waals surface area contributed by atoms with Crippen molar-refractivity contribution < 1.29 is 14.7 Å². The number of nitrogens with two attached hydrogens (primary N) is 1. The van der Waals surface area contributed by atoms with Gasteiger partial charge in [0, 0.05) is 31.4 Å². The van der Waals surface area contributed by atoms with E-state index in [1.54, 1.807) is 19.2 Å². The number of carbonyl (C=O) groups excluding carboxylic acids is 2. The highest BCUT2D eigenvalue weighted by atomic mass is 32.2. The fraction of sp³-hybridized carbons (Fsp3) is 0.192. The third-order valence-corrected chi connectivity index (χ3v) is 5.78. The van der Waals surface area contributed by atoms with Crippen molar-refractivity contribution in [2.24, 2.45) is 10.7 Å². The summed E-state index contributed by atoms with van der Waals surface area (Å²) in [5.74, 6) is -0.0292. The second-order valence-electron chi connectivity index (χ2n) is 7.24.